The third-order valence-corrected chi connectivity index (χ3v) is 6.80. The number of methoxy groups -OCH3 is 1. The minimum Gasteiger partial charge on any atom is -0.481 e. The lowest BCUT2D eigenvalue weighted by atomic mass is 9.92. The van der Waals surface area contributed by atoms with E-state index in [2.05, 4.69) is 28.1 Å². The summed E-state index contributed by atoms with van der Waals surface area (Å²) < 4.78 is 13.8. The Kier molecular flexibility index (Phi) is 6.24. The average molecular weight is 462 g/mol. The molecule has 1 saturated heterocycles. The van der Waals surface area contributed by atoms with Gasteiger partial charge in [0.05, 0.1) is 25.0 Å². The molecule has 1 N–H and O–H groups in total. The molecule has 0 saturated carbocycles. The van der Waals surface area contributed by atoms with E-state index in [1.807, 2.05) is 35.4 Å². The van der Waals surface area contributed by atoms with Crippen LogP contribution >= 0.6 is 0 Å². The normalized spacial score (nSPS) is 18.4. The molecule has 2 aliphatic heterocycles. The molecule has 2 aliphatic rings. The van der Waals surface area contributed by atoms with Gasteiger partial charge >= 0.3 is 0 Å². The van der Waals surface area contributed by atoms with Crippen molar-refractivity contribution in [1.29, 1.82) is 0 Å². The summed E-state index contributed by atoms with van der Waals surface area (Å²) in [6.45, 7) is 5.72. The number of ether oxygens (including phenoxy) is 2. The molecule has 0 bridgehead atoms. The molecule has 178 valence electrons. The smallest absolute Gasteiger partial charge is 0.224 e. The predicted molar refractivity (Wildman–Crippen MR) is 131 cm³/mol. The fourth-order valence-electron chi connectivity index (χ4n) is 5.05. The first-order chi connectivity index (χ1) is 16.5. The second-order valence-corrected chi connectivity index (χ2v) is 9.03. The van der Waals surface area contributed by atoms with E-state index in [-0.39, 0.29) is 11.9 Å². The van der Waals surface area contributed by atoms with Crippen molar-refractivity contribution in [3.8, 4) is 28.6 Å². The summed E-state index contributed by atoms with van der Waals surface area (Å²) in [5.41, 5.74) is 3.86. The van der Waals surface area contributed by atoms with Crippen molar-refractivity contribution in [2.45, 2.75) is 51.6 Å². The number of pyridine rings is 1. The number of fused-ring (bicyclic) bond motifs is 1. The Hall–Kier alpha value is -3.39. The van der Waals surface area contributed by atoms with Crippen LogP contribution in [0.3, 0.4) is 0 Å². The van der Waals surface area contributed by atoms with E-state index >= 15 is 0 Å². The number of aromatic nitrogens is 3. The molecule has 1 atom stereocenters. The molecule has 0 radical (unpaired) electrons. The molecule has 4 heterocycles. The number of hydrogen-bond donors (Lipinski definition) is 1. The monoisotopic (exact) mass is 461 g/mol. The summed E-state index contributed by atoms with van der Waals surface area (Å²) in [6, 6.07) is 10.1. The van der Waals surface area contributed by atoms with Gasteiger partial charge in [-0.05, 0) is 57.8 Å². The van der Waals surface area contributed by atoms with Crippen molar-refractivity contribution >= 4 is 11.6 Å². The average Bonchev–Trinajstić information content (AvgIpc) is 3.34. The Morgan fingerprint density at radius 3 is 2.68 bits per heavy atom. The van der Waals surface area contributed by atoms with Gasteiger partial charge < -0.3 is 19.7 Å². The number of hydrogen-bond acceptors (Lipinski definition) is 6. The van der Waals surface area contributed by atoms with Gasteiger partial charge in [-0.15, -0.1) is 0 Å². The molecule has 1 fully saturated rings. The van der Waals surface area contributed by atoms with Crippen LogP contribution in [-0.2, 0) is 11.2 Å². The van der Waals surface area contributed by atoms with E-state index in [9.17, 15) is 4.79 Å². The molecule has 2 aromatic heterocycles. The maximum absolute atomic E-state index is 12.5. The lowest BCUT2D eigenvalue weighted by Gasteiger charge is -2.35. The highest BCUT2D eigenvalue weighted by molar-refractivity contribution is 5.95. The quantitative estimate of drug-likeness (QED) is 0.608. The summed E-state index contributed by atoms with van der Waals surface area (Å²) in [5, 5.41) is 8.10. The number of amides is 1. The van der Waals surface area contributed by atoms with Crippen LogP contribution in [-0.4, -0.2) is 46.9 Å². The Morgan fingerprint density at radius 2 is 1.91 bits per heavy atom. The molecule has 0 spiro atoms. The largest absolute Gasteiger partial charge is 0.481 e. The number of nitrogens with zero attached hydrogens (tertiary/aromatic N) is 4. The Balaban J connectivity index is 1.60. The molecule has 0 aliphatic carbocycles. The fourth-order valence-corrected chi connectivity index (χ4v) is 5.05. The van der Waals surface area contributed by atoms with E-state index in [1.54, 1.807) is 20.1 Å². The van der Waals surface area contributed by atoms with Crippen molar-refractivity contribution in [3.63, 3.8) is 0 Å². The second-order valence-electron chi connectivity index (χ2n) is 9.03. The van der Waals surface area contributed by atoms with E-state index in [0.29, 0.717) is 17.8 Å². The van der Waals surface area contributed by atoms with Crippen LogP contribution in [0.2, 0.25) is 0 Å². The number of piperidine rings is 1. The van der Waals surface area contributed by atoms with E-state index in [4.69, 9.17) is 14.6 Å². The van der Waals surface area contributed by atoms with Crippen molar-refractivity contribution < 1.29 is 14.3 Å². The Morgan fingerprint density at radius 1 is 1.12 bits per heavy atom. The zero-order chi connectivity index (χ0) is 23.7. The van der Waals surface area contributed by atoms with Crippen LogP contribution in [0.5, 0.6) is 17.5 Å². The first-order valence-corrected chi connectivity index (χ1v) is 11.9. The van der Waals surface area contributed by atoms with Gasteiger partial charge in [-0.3, -0.25) is 9.48 Å². The highest BCUT2D eigenvalue weighted by Crippen LogP contribution is 2.44. The SMILES string of the molecule is COc1cccc(Oc2c(-c3cnn(C4CCNCC4)c3)ccc3c2CC[C@H](C)N3C(C)=O)n1. The Bertz CT molecular complexity index is 1180. The summed E-state index contributed by atoms with van der Waals surface area (Å²) in [6.07, 6.45) is 7.82. The minimum absolute atomic E-state index is 0.0328. The molecular formula is C26H31N5O3. The van der Waals surface area contributed by atoms with Crippen molar-refractivity contribution in [3.05, 3.63) is 48.3 Å². The number of rotatable bonds is 5. The third kappa shape index (κ3) is 4.25. The third-order valence-electron chi connectivity index (χ3n) is 6.80. The summed E-state index contributed by atoms with van der Waals surface area (Å²) in [4.78, 5) is 18.8. The van der Waals surface area contributed by atoms with Crippen molar-refractivity contribution in [2.24, 2.45) is 0 Å². The maximum Gasteiger partial charge on any atom is 0.224 e. The van der Waals surface area contributed by atoms with Gasteiger partial charge in [0.1, 0.15) is 5.75 Å². The topological polar surface area (TPSA) is 81.5 Å². The van der Waals surface area contributed by atoms with Crippen LogP contribution in [0, 0.1) is 0 Å². The van der Waals surface area contributed by atoms with Crippen molar-refractivity contribution in [1.82, 2.24) is 20.1 Å². The number of benzene rings is 1. The molecule has 1 aromatic carbocycles. The molecule has 0 unspecified atom stereocenters. The molecule has 8 nitrogen and oxygen atoms in total. The minimum atomic E-state index is 0.0328. The van der Waals surface area contributed by atoms with Gasteiger partial charge in [0, 0.05) is 48.0 Å². The van der Waals surface area contributed by atoms with E-state index in [0.717, 1.165) is 66.9 Å². The first-order valence-electron chi connectivity index (χ1n) is 11.9. The summed E-state index contributed by atoms with van der Waals surface area (Å²) in [5.74, 6) is 1.70. The molecule has 8 heteroatoms. The number of carbonyl (C=O) groups is 1. The van der Waals surface area contributed by atoms with Gasteiger partial charge in [0.2, 0.25) is 17.7 Å². The number of anilines is 1. The first kappa shape index (κ1) is 22.4. The van der Waals surface area contributed by atoms with Crippen LogP contribution in [0.1, 0.15) is 44.7 Å². The molecule has 3 aromatic rings. The molecule has 5 rings (SSSR count). The van der Waals surface area contributed by atoms with Crippen LogP contribution in [0.4, 0.5) is 5.69 Å². The van der Waals surface area contributed by atoms with Crippen molar-refractivity contribution in [2.75, 3.05) is 25.1 Å². The molecule has 34 heavy (non-hydrogen) atoms. The molecule has 1 amide bonds. The summed E-state index contributed by atoms with van der Waals surface area (Å²) in [7, 11) is 1.59. The van der Waals surface area contributed by atoms with Gasteiger partial charge in [0.25, 0.3) is 0 Å². The van der Waals surface area contributed by atoms with E-state index in [1.165, 1.54) is 0 Å². The Labute approximate surface area is 199 Å². The standard InChI is InChI=1S/C26H31N5O3/c1-17-7-8-22-23(31(17)18(2)32)10-9-21(26(22)34-25-6-4-5-24(29-25)33-3)19-15-28-30(16-19)20-11-13-27-14-12-20/h4-6,9-10,15-17,20,27H,7-8,11-14H2,1-3H3/t17-/m0/s1. The predicted octanol–water partition coefficient (Wildman–Crippen LogP) is 4.36. The van der Waals surface area contributed by atoms with Gasteiger partial charge in [-0.25, -0.2) is 0 Å². The lowest BCUT2D eigenvalue weighted by Crippen LogP contribution is -2.40. The van der Waals surface area contributed by atoms with Gasteiger partial charge in [0.15, 0.2) is 0 Å². The maximum atomic E-state index is 12.5. The molecular weight excluding hydrogens is 430 g/mol. The lowest BCUT2D eigenvalue weighted by molar-refractivity contribution is -0.117. The van der Waals surface area contributed by atoms with Gasteiger partial charge in [-0.2, -0.15) is 10.1 Å². The number of nitrogens with one attached hydrogen (secondary N) is 1. The van der Waals surface area contributed by atoms with Crippen LogP contribution in [0.15, 0.2) is 42.7 Å². The van der Waals surface area contributed by atoms with Gasteiger partial charge in [-0.1, -0.05) is 6.07 Å². The van der Waals surface area contributed by atoms with Crippen LogP contribution in [0.25, 0.3) is 11.1 Å². The zero-order valence-corrected chi connectivity index (χ0v) is 20.0. The highest BCUT2D eigenvalue weighted by Gasteiger charge is 2.30. The number of carbonyl (C=O) groups excluding carboxylic acids is 1. The van der Waals surface area contributed by atoms with Crippen LogP contribution < -0.4 is 19.7 Å². The summed E-state index contributed by atoms with van der Waals surface area (Å²) >= 11 is 0. The highest BCUT2D eigenvalue weighted by atomic mass is 16.5. The van der Waals surface area contributed by atoms with E-state index < -0.39 is 0 Å². The second kappa shape index (κ2) is 9.46. The fraction of sp³-hybridized carbons (Fsp3) is 0.423. The zero-order valence-electron chi connectivity index (χ0n) is 20.0.